The van der Waals surface area contributed by atoms with E-state index in [0.29, 0.717) is 23.7 Å². The molecule has 1 aliphatic rings. The Kier molecular flexibility index (Phi) is 5.50. The SMILES string of the molecule is O=C(Nc1nnc(-c2ccccc2)s1)C1CCCN1C(=O)c1ccccc1Br. The molecule has 28 heavy (non-hydrogen) atoms. The molecule has 1 fully saturated rings. The first-order valence-electron chi connectivity index (χ1n) is 8.89. The van der Waals surface area contributed by atoms with Crippen molar-refractivity contribution in [1.82, 2.24) is 15.1 Å². The predicted molar refractivity (Wildman–Crippen MR) is 112 cm³/mol. The van der Waals surface area contributed by atoms with E-state index in [1.807, 2.05) is 48.5 Å². The minimum atomic E-state index is -0.510. The number of anilines is 1. The lowest BCUT2D eigenvalue weighted by Gasteiger charge is -2.24. The number of benzene rings is 2. The maximum Gasteiger partial charge on any atom is 0.255 e. The number of carbonyl (C=O) groups is 2. The Morgan fingerprint density at radius 2 is 1.82 bits per heavy atom. The molecule has 142 valence electrons. The fourth-order valence-electron chi connectivity index (χ4n) is 3.23. The lowest BCUT2D eigenvalue weighted by molar-refractivity contribution is -0.119. The van der Waals surface area contributed by atoms with Crippen LogP contribution in [0.15, 0.2) is 59.1 Å². The molecule has 0 aliphatic carbocycles. The maximum atomic E-state index is 12.9. The molecule has 6 nitrogen and oxygen atoms in total. The molecule has 1 unspecified atom stereocenters. The first kappa shape index (κ1) is 18.8. The summed E-state index contributed by atoms with van der Waals surface area (Å²) in [4.78, 5) is 27.4. The molecule has 0 bridgehead atoms. The Bertz CT molecular complexity index is 1010. The zero-order valence-corrected chi connectivity index (χ0v) is 17.2. The first-order valence-corrected chi connectivity index (χ1v) is 10.5. The van der Waals surface area contributed by atoms with Gasteiger partial charge in [-0.05, 0) is 40.9 Å². The third-order valence-electron chi connectivity index (χ3n) is 4.60. The van der Waals surface area contributed by atoms with Crippen LogP contribution >= 0.6 is 27.3 Å². The summed E-state index contributed by atoms with van der Waals surface area (Å²) < 4.78 is 0.725. The van der Waals surface area contributed by atoms with Gasteiger partial charge in [0.15, 0.2) is 0 Å². The van der Waals surface area contributed by atoms with Crippen molar-refractivity contribution in [2.24, 2.45) is 0 Å². The molecule has 1 aliphatic heterocycles. The summed E-state index contributed by atoms with van der Waals surface area (Å²) >= 11 is 4.73. The summed E-state index contributed by atoms with van der Waals surface area (Å²) in [6.45, 7) is 0.559. The molecule has 4 rings (SSSR count). The van der Waals surface area contributed by atoms with E-state index in [1.165, 1.54) is 11.3 Å². The number of nitrogens with zero attached hydrogens (tertiary/aromatic N) is 3. The smallest absolute Gasteiger partial charge is 0.255 e. The molecular formula is C20H17BrN4O2S. The molecule has 0 spiro atoms. The van der Waals surface area contributed by atoms with E-state index in [4.69, 9.17) is 0 Å². The topological polar surface area (TPSA) is 75.2 Å². The van der Waals surface area contributed by atoms with Gasteiger partial charge >= 0.3 is 0 Å². The number of amides is 2. The highest BCUT2D eigenvalue weighted by Crippen LogP contribution is 2.28. The zero-order chi connectivity index (χ0) is 19.5. The highest BCUT2D eigenvalue weighted by molar-refractivity contribution is 9.10. The second-order valence-corrected chi connectivity index (χ2v) is 8.24. The van der Waals surface area contributed by atoms with Crippen molar-refractivity contribution < 1.29 is 9.59 Å². The van der Waals surface area contributed by atoms with E-state index in [1.54, 1.807) is 11.0 Å². The number of hydrogen-bond donors (Lipinski definition) is 1. The molecule has 8 heteroatoms. The zero-order valence-electron chi connectivity index (χ0n) is 14.8. The van der Waals surface area contributed by atoms with Gasteiger partial charge in [0.2, 0.25) is 11.0 Å². The van der Waals surface area contributed by atoms with Crippen LogP contribution in [0, 0.1) is 0 Å². The molecular weight excluding hydrogens is 440 g/mol. The minimum absolute atomic E-state index is 0.146. The van der Waals surface area contributed by atoms with Crippen LogP contribution in [0.5, 0.6) is 0 Å². The Hall–Kier alpha value is -2.58. The lowest BCUT2D eigenvalue weighted by Crippen LogP contribution is -2.43. The standard InChI is InChI=1S/C20H17BrN4O2S/c21-15-10-5-4-9-14(15)19(27)25-12-6-11-16(25)17(26)22-20-24-23-18(28-20)13-7-2-1-3-8-13/h1-5,7-10,16H,6,11-12H2,(H,22,24,26). The number of aromatic nitrogens is 2. The Morgan fingerprint density at radius 3 is 2.61 bits per heavy atom. The van der Waals surface area contributed by atoms with Crippen molar-refractivity contribution in [3.05, 3.63) is 64.6 Å². The van der Waals surface area contributed by atoms with Gasteiger partial charge in [0, 0.05) is 16.6 Å². The molecule has 0 radical (unpaired) electrons. The van der Waals surface area contributed by atoms with Gasteiger partial charge in [-0.2, -0.15) is 0 Å². The number of nitrogens with one attached hydrogen (secondary N) is 1. The molecule has 2 heterocycles. The van der Waals surface area contributed by atoms with Crippen LogP contribution in [-0.2, 0) is 4.79 Å². The van der Waals surface area contributed by atoms with Crippen LogP contribution in [0.1, 0.15) is 23.2 Å². The van der Waals surface area contributed by atoms with Crippen LogP contribution in [0.4, 0.5) is 5.13 Å². The minimum Gasteiger partial charge on any atom is -0.327 e. The van der Waals surface area contributed by atoms with Crippen LogP contribution < -0.4 is 5.32 Å². The summed E-state index contributed by atoms with van der Waals surface area (Å²) in [5, 5.41) is 12.2. The van der Waals surface area contributed by atoms with Gasteiger partial charge in [0.1, 0.15) is 11.0 Å². The van der Waals surface area contributed by atoms with Crippen molar-refractivity contribution in [3.63, 3.8) is 0 Å². The Morgan fingerprint density at radius 1 is 1.07 bits per heavy atom. The van der Waals surface area contributed by atoms with E-state index < -0.39 is 6.04 Å². The van der Waals surface area contributed by atoms with Crippen LogP contribution in [0.3, 0.4) is 0 Å². The molecule has 1 N–H and O–H groups in total. The average Bonchev–Trinajstić information content (AvgIpc) is 3.38. The van der Waals surface area contributed by atoms with Gasteiger partial charge in [0.05, 0.1) is 5.56 Å². The second kappa shape index (κ2) is 8.20. The third-order valence-corrected chi connectivity index (χ3v) is 6.18. The van der Waals surface area contributed by atoms with E-state index >= 15 is 0 Å². The molecule has 2 aromatic carbocycles. The number of hydrogen-bond acceptors (Lipinski definition) is 5. The number of carbonyl (C=O) groups excluding carboxylic acids is 2. The molecule has 1 atom stereocenters. The molecule has 1 saturated heterocycles. The number of likely N-dealkylation sites (tertiary alicyclic amines) is 1. The number of rotatable bonds is 4. The summed E-state index contributed by atoms with van der Waals surface area (Å²) in [7, 11) is 0. The molecule has 2 amide bonds. The van der Waals surface area contributed by atoms with E-state index in [2.05, 4.69) is 31.4 Å². The van der Waals surface area contributed by atoms with Gasteiger partial charge in [-0.3, -0.25) is 14.9 Å². The van der Waals surface area contributed by atoms with Crippen molar-refractivity contribution >= 4 is 44.2 Å². The van der Waals surface area contributed by atoms with Crippen LogP contribution in [0.25, 0.3) is 10.6 Å². The fourth-order valence-corrected chi connectivity index (χ4v) is 4.44. The Labute approximate surface area is 174 Å². The Balaban J connectivity index is 1.48. The fraction of sp³-hybridized carbons (Fsp3) is 0.200. The summed E-state index contributed by atoms with van der Waals surface area (Å²) in [5.41, 5.74) is 1.51. The summed E-state index contributed by atoms with van der Waals surface area (Å²) in [6, 6.07) is 16.4. The lowest BCUT2D eigenvalue weighted by atomic mass is 10.1. The van der Waals surface area contributed by atoms with Crippen molar-refractivity contribution in [1.29, 1.82) is 0 Å². The average molecular weight is 457 g/mol. The van der Waals surface area contributed by atoms with Crippen molar-refractivity contribution in [3.8, 4) is 10.6 Å². The monoisotopic (exact) mass is 456 g/mol. The van der Waals surface area contributed by atoms with Gasteiger partial charge in [-0.1, -0.05) is 53.8 Å². The van der Waals surface area contributed by atoms with Crippen molar-refractivity contribution in [2.75, 3.05) is 11.9 Å². The predicted octanol–water partition coefficient (Wildman–Crippen LogP) is 4.21. The van der Waals surface area contributed by atoms with E-state index in [-0.39, 0.29) is 11.8 Å². The molecule has 0 saturated carbocycles. The highest BCUT2D eigenvalue weighted by atomic mass is 79.9. The van der Waals surface area contributed by atoms with Gasteiger partial charge < -0.3 is 4.90 Å². The summed E-state index contributed by atoms with van der Waals surface area (Å²) in [6.07, 6.45) is 1.42. The van der Waals surface area contributed by atoms with Gasteiger partial charge in [-0.25, -0.2) is 0 Å². The van der Waals surface area contributed by atoms with E-state index in [0.717, 1.165) is 21.5 Å². The van der Waals surface area contributed by atoms with Gasteiger partial charge in [-0.15, -0.1) is 10.2 Å². The number of halogens is 1. The quantitative estimate of drug-likeness (QED) is 0.637. The van der Waals surface area contributed by atoms with Crippen molar-refractivity contribution in [2.45, 2.75) is 18.9 Å². The maximum absolute atomic E-state index is 12.9. The summed E-state index contributed by atoms with van der Waals surface area (Å²) in [5.74, 6) is -0.374. The largest absolute Gasteiger partial charge is 0.327 e. The van der Waals surface area contributed by atoms with Crippen LogP contribution in [0.2, 0.25) is 0 Å². The third kappa shape index (κ3) is 3.83. The van der Waals surface area contributed by atoms with E-state index in [9.17, 15) is 9.59 Å². The normalized spacial score (nSPS) is 16.2. The second-order valence-electron chi connectivity index (χ2n) is 6.40. The molecule has 3 aromatic rings. The van der Waals surface area contributed by atoms with Crippen LogP contribution in [-0.4, -0.2) is 39.5 Å². The molecule has 1 aromatic heterocycles. The first-order chi connectivity index (χ1) is 13.6. The van der Waals surface area contributed by atoms with Gasteiger partial charge in [0.25, 0.3) is 5.91 Å². The highest BCUT2D eigenvalue weighted by Gasteiger charge is 2.35.